The molecule has 0 radical (unpaired) electrons. The summed E-state index contributed by atoms with van der Waals surface area (Å²) in [7, 11) is 3.17. The second-order valence-corrected chi connectivity index (χ2v) is 5.33. The molecule has 0 spiro atoms. The predicted molar refractivity (Wildman–Crippen MR) is 81.9 cm³/mol. The molecule has 0 saturated carbocycles. The molecule has 0 aliphatic carbocycles. The number of carbonyl (C=O) groups is 1. The van der Waals surface area contributed by atoms with Gasteiger partial charge in [-0.1, -0.05) is 0 Å². The molecule has 2 N–H and O–H groups in total. The molecule has 21 heavy (non-hydrogen) atoms. The molecule has 1 unspecified atom stereocenters. The molecule has 1 amide bonds. The lowest BCUT2D eigenvalue weighted by Gasteiger charge is -2.25. The molecule has 0 bridgehead atoms. The lowest BCUT2D eigenvalue weighted by atomic mass is 10.1. The van der Waals surface area contributed by atoms with Crippen LogP contribution < -0.4 is 15.2 Å². The number of amides is 1. The molecule has 1 aliphatic rings. The zero-order valence-corrected chi connectivity index (χ0v) is 12.8. The molecule has 1 aromatic rings. The van der Waals surface area contributed by atoms with Crippen LogP contribution >= 0.6 is 0 Å². The summed E-state index contributed by atoms with van der Waals surface area (Å²) in [4.78, 5) is 14.7. The highest BCUT2D eigenvalue weighted by molar-refractivity contribution is 5.95. The van der Waals surface area contributed by atoms with Gasteiger partial charge in [0.1, 0.15) is 11.5 Å². The fraction of sp³-hybridized carbons (Fsp3) is 0.562. The number of hydrogen-bond donors (Lipinski definition) is 1. The summed E-state index contributed by atoms with van der Waals surface area (Å²) in [6.07, 6.45) is 4.05. The van der Waals surface area contributed by atoms with Gasteiger partial charge in [-0.15, -0.1) is 0 Å². The Morgan fingerprint density at radius 1 is 1.29 bits per heavy atom. The Bertz CT molecular complexity index is 468. The van der Waals surface area contributed by atoms with Gasteiger partial charge in [-0.2, -0.15) is 0 Å². The minimum absolute atomic E-state index is 0.0479. The van der Waals surface area contributed by atoms with Crippen molar-refractivity contribution in [2.75, 3.05) is 27.3 Å². The highest BCUT2D eigenvalue weighted by Crippen LogP contribution is 2.27. The van der Waals surface area contributed by atoms with Crippen molar-refractivity contribution in [3.63, 3.8) is 0 Å². The molecule has 1 fully saturated rings. The zero-order valence-electron chi connectivity index (χ0n) is 12.8. The first kappa shape index (κ1) is 15.6. The Balaban J connectivity index is 2.18. The van der Waals surface area contributed by atoms with Gasteiger partial charge in [0.2, 0.25) is 0 Å². The Hall–Kier alpha value is -1.75. The summed E-state index contributed by atoms with van der Waals surface area (Å²) in [6, 6.07) is 5.61. The van der Waals surface area contributed by atoms with E-state index in [1.165, 1.54) is 0 Å². The third kappa shape index (κ3) is 3.67. The summed E-state index contributed by atoms with van der Waals surface area (Å²) in [5.74, 6) is 1.32. The van der Waals surface area contributed by atoms with E-state index in [0.29, 0.717) is 29.6 Å². The van der Waals surface area contributed by atoms with Crippen molar-refractivity contribution in [2.24, 2.45) is 5.73 Å². The summed E-state index contributed by atoms with van der Waals surface area (Å²) in [5, 5.41) is 0. The van der Waals surface area contributed by atoms with Crippen molar-refractivity contribution < 1.29 is 14.3 Å². The first-order chi connectivity index (χ1) is 10.2. The maximum atomic E-state index is 12.7. The first-order valence-electron chi connectivity index (χ1n) is 7.43. The van der Waals surface area contributed by atoms with Crippen LogP contribution in [0.25, 0.3) is 0 Å². The minimum Gasteiger partial charge on any atom is -0.497 e. The number of likely N-dealkylation sites (tertiary alicyclic amines) is 1. The van der Waals surface area contributed by atoms with Gasteiger partial charge in [-0.05, 0) is 44.4 Å². The second-order valence-electron chi connectivity index (χ2n) is 5.33. The topological polar surface area (TPSA) is 64.8 Å². The van der Waals surface area contributed by atoms with Crippen LogP contribution in [0.1, 0.15) is 36.0 Å². The van der Waals surface area contributed by atoms with Gasteiger partial charge in [-0.25, -0.2) is 0 Å². The van der Waals surface area contributed by atoms with Crippen LogP contribution in [0.4, 0.5) is 0 Å². The predicted octanol–water partition coefficient (Wildman–Crippen LogP) is 2.05. The van der Waals surface area contributed by atoms with E-state index in [1.54, 1.807) is 32.4 Å². The van der Waals surface area contributed by atoms with Gasteiger partial charge in [0.25, 0.3) is 5.91 Å². The van der Waals surface area contributed by atoms with Crippen LogP contribution in [0.5, 0.6) is 11.5 Å². The van der Waals surface area contributed by atoms with Gasteiger partial charge in [0, 0.05) is 24.2 Å². The molecule has 1 saturated heterocycles. The van der Waals surface area contributed by atoms with Crippen molar-refractivity contribution in [3.05, 3.63) is 23.8 Å². The number of rotatable bonds is 6. The van der Waals surface area contributed by atoms with Gasteiger partial charge in [0.15, 0.2) is 0 Å². The van der Waals surface area contributed by atoms with E-state index < -0.39 is 0 Å². The van der Waals surface area contributed by atoms with E-state index in [4.69, 9.17) is 15.2 Å². The van der Waals surface area contributed by atoms with Crippen molar-refractivity contribution >= 4 is 5.91 Å². The zero-order chi connectivity index (χ0) is 15.2. The smallest absolute Gasteiger partial charge is 0.254 e. The molecule has 1 aromatic carbocycles. The highest BCUT2D eigenvalue weighted by Gasteiger charge is 2.29. The third-order valence-electron chi connectivity index (χ3n) is 3.98. The fourth-order valence-electron chi connectivity index (χ4n) is 2.85. The quantitative estimate of drug-likeness (QED) is 0.871. The number of nitrogens with two attached hydrogens (primary N) is 1. The normalized spacial score (nSPS) is 17.9. The van der Waals surface area contributed by atoms with E-state index in [-0.39, 0.29) is 5.91 Å². The SMILES string of the molecule is COc1cc(OC)cc(C(=O)N2CCCC2CCCN)c1. The van der Waals surface area contributed by atoms with Crippen molar-refractivity contribution in [2.45, 2.75) is 31.7 Å². The van der Waals surface area contributed by atoms with Gasteiger partial charge in [-0.3, -0.25) is 4.79 Å². The minimum atomic E-state index is 0.0479. The highest BCUT2D eigenvalue weighted by atomic mass is 16.5. The fourth-order valence-corrected chi connectivity index (χ4v) is 2.85. The number of benzene rings is 1. The van der Waals surface area contributed by atoms with Gasteiger partial charge in [0.05, 0.1) is 14.2 Å². The standard InChI is InChI=1S/C16H24N2O3/c1-20-14-9-12(10-15(11-14)21-2)16(19)18-8-4-6-13(18)5-3-7-17/h9-11,13H,3-8,17H2,1-2H3. The van der Waals surface area contributed by atoms with Crippen molar-refractivity contribution in [1.82, 2.24) is 4.90 Å². The molecular weight excluding hydrogens is 268 g/mol. The largest absolute Gasteiger partial charge is 0.497 e. The first-order valence-corrected chi connectivity index (χ1v) is 7.43. The average Bonchev–Trinajstić information content (AvgIpc) is 2.99. The van der Waals surface area contributed by atoms with Crippen LogP contribution in [-0.2, 0) is 0 Å². The van der Waals surface area contributed by atoms with Crippen molar-refractivity contribution in [3.8, 4) is 11.5 Å². The van der Waals surface area contributed by atoms with Gasteiger partial charge < -0.3 is 20.1 Å². The molecule has 0 aromatic heterocycles. The Labute approximate surface area is 126 Å². The monoisotopic (exact) mass is 292 g/mol. The summed E-state index contributed by atoms with van der Waals surface area (Å²) in [6.45, 7) is 1.49. The molecule has 5 nitrogen and oxygen atoms in total. The molecule has 5 heteroatoms. The number of carbonyl (C=O) groups excluding carboxylic acids is 1. The average molecular weight is 292 g/mol. The Morgan fingerprint density at radius 3 is 2.52 bits per heavy atom. The molecule has 1 heterocycles. The number of hydrogen-bond acceptors (Lipinski definition) is 4. The maximum absolute atomic E-state index is 12.7. The third-order valence-corrected chi connectivity index (χ3v) is 3.98. The summed E-state index contributed by atoms with van der Waals surface area (Å²) >= 11 is 0. The molecule has 2 rings (SSSR count). The number of nitrogens with zero attached hydrogens (tertiary/aromatic N) is 1. The Morgan fingerprint density at radius 2 is 1.95 bits per heavy atom. The molecule has 1 atom stereocenters. The molecular formula is C16H24N2O3. The van der Waals surface area contributed by atoms with Crippen LogP contribution in [0.15, 0.2) is 18.2 Å². The van der Waals surface area contributed by atoms with Gasteiger partial charge >= 0.3 is 0 Å². The summed E-state index contributed by atoms with van der Waals surface area (Å²) in [5.41, 5.74) is 6.20. The number of ether oxygens (including phenoxy) is 2. The second kappa shape index (κ2) is 7.31. The van der Waals surface area contributed by atoms with Crippen LogP contribution in [0.3, 0.4) is 0 Å². The van der Waals surface area contributed by atoms with Crippen LogP contribution in [0, 0.1) is 0 Å². The Kier molecular flexibility index (Phi) is 5.44. The summed E-state index contributed by atoms with van der Waals surface area (Å²) < 4.78 is 10.5. The van der Waals surface area contributed by atoms with Crippen LogP contribution in [0.2, 0.25) is 0 Å². The molecule has 116 valence electrons. The van der Waals surface area contributed by atoms with E-state index >= 15 is 0 Å². The number of methoxy groups -OCH3 is 2. The maximum Gasteiger partial charge on any atom is 0.254 e. The van der Waals surface area contributed by atoms with E-state index in [2.05, 4.69) is 0 Å². The van der Waals surface area contributed by atoms with E-state index in [9.17, 15) is 4.79 Å². The van der Waals surface area contributed by atoms with Crippen LogP contribution in [-0.4, -0.2) is 44.2 Å². The lowest BCUT2D eigenvalue weighted by Crippen LogP contribution is -2.35. The van der Waals surface area contributed by atoms with E-state index in [1.807, 2.05) is 4.90 Å². The van der Waals surface area contributed by atoms with E-state index in [0.717, 1.165) is 32.2 Å². The lowest BCUT2D eigenvalue weighted by molar-refractivity contribution is 0.0728. The molecule has 1 aliphatic heterocycles. The van der Waals surface area contributed by atoms with Crippen molar-refractivity contribution in [1.29, 1.82) is 0 Å².